The number of aliphatic hydroxyl groups is 1. The zero-order valence-corrected chi connectivity index (χ0v) is 20.1. The first kappa shape index (κ1) is 25.3. The summed E-state index contributed by atoms with van der Waals surface area (Å²) in [6, 6.07) is 8.66. The Kier molecular flexibility index (Phi) is 10.9. The summed E-state index contributed by atoms with van der Waals surface area (Å²) in [7, 11) is -0.239. The average Bonchev–Trinajstić information content (AvgIpc) is 2.62. The van der Waals surface area contributed by atoms with Gasteiger partial charge in [-0.1, -0.05) is 58.4 Å². The Hall–Kier alpha value is -0.723. The summed E-state index contributed by atoms with van der Waals surface area (Å²) in [5.41, 5.74) is 2.43. The van der Waals surface area contributed by atoms with E-state index in [1.165, 1.54) is 5.56 Å². The van der Waals surface area contributed by atoms with E-state index in [2.05, 4.69) is 65.1 Å². The molecule has 0 radical (unpaired) electrons. The van der Waals surface area contributed by atoms with Crippen molar-refractivity contribution >= 4 is 8.32 Å². The van der Waals surface area contributed by atoms with Crippen LogP contribution < -0.4 is 0 Å². The van der Waals surface area contributed by atoms with Crippen LogP contribution in [-0.4, -0.2) is 40.0 Å². The Balaban J connectivity index is 3.04. The first-order chi connectivity index (χ1) is 13.2. The van der Waals surface area contributed by atoms with Gasteiger partial charge in [0.05, 0.1) is 12.7 Å². The molecule has 0 saturated carbocycles. The second kappa shape index (κ2) is 12.1. The Labute approximate surface area is 173 Å². The van der Waals surface area contributed by atoms with Crippen molar-refractivity contribution in [2.75, 3.05) is 20.5 Å². The van der Waals surface area contributed by atoms with Gasteiger partial charge in [-0.2, -0.15) is 0 Å². The van der Waals surface area contributed by atoms with E-state index in [9.17, 15) is 5.11 Å². The summed E-state index contributed by atoms with van der Waals surface area (Å²) in [5.74, 6) is 0.301. The van der Waals surface area contributed by atoms with Gasteiger partial charge in [0.1, 0.15) is 6.79 Å². The largest absolute Gasteiger partial charge is 0.413 e. The number of ether oxygens (including phenoxy) is 2. The van der Waals surface area contributed by atoms with Gasteiger partial charge in [-0.25, -0.2) is 0 Å². The van der Waals surface area contributed by atoms with Crippen LogP contribution in [-0.2, 0) is 20.5 Å². The Morgan fingerprint density at radius 1 is 1.07 bits per heavy atom. The van der Waals surface area contributed by atoms with Crippen LogP contribution >= 0.6 is 0 Å². The molecule has 1 N–H and O–H groups in total. The highest BCUT2D eigenvalue weighted by molar-refractivity contribution is 6.74. The molecule has 0 unspecified atom stereocenters. The smallest absolute Gasteiger partial charge is 0.192 e. The standard InChI is InChI=1S/C23H42O4Si/c1-8-10-22(27-28(6,7)23(2,3)4)21(11-9-16-24)20-14-12-19(13-15-20)17-26-18-25-5/h12-15,21-22,24H,8-11,16-18H2,1-7H3/t21-,22-/m1/s1. The summed E-state index contributed by atoms with van der Waals surface area (Å²) in [6.45, 7) is 14.8. The van der Waals surface area contributed by atoms with Gasteiger partial charge in [-0.15, -0.1) is 0 Å². The third kappa shape index (κ3) is 7.95. The van der Waals surface area contributed by atoms with Gasteiger partial charge in [0.2, 0.25) is 0 Å². The van der Waals surface area contributed by atoms with Crippen molar-refractivity contribution in [1.82, 2.24) is 0 Å². The molecule has 28 heavy (non-hydrogen) atoms. The molecule has 2 atom stereocenters. The molecule has 4 nitrogen and oxygen atoms in total. The van der Waals surface area contributed by atoms with E-state index in [1.807, 2.05) is 0 Å². The molecule has 0 amide bonds. The lowest BCUT2D eigenvalue weighted by molar-refractivity contribution is -0.0390. The van der Waals surface area contributed by atoms with E-state index in [1.54, 1.807) is 7.11 Å². The average molecular weight is 411 g/mol. The number of hydrogen-bond donors (Lipinski definition) is 1. The second-order valence-corrected chi connectivity index (χ2v) is 13.9. The highest BCUT2D eigenvalue weighted by atomic mass is 28.4. The SMILES string of the molecule is CCC[C@@H](O[Si](C)(C)C(C)(C)C)[C@H](CCCO)c1ccc(COCOC)cc1. The van der Waals surface area contributed by atoms with E-state index < -0.39 is 8.32 Å². The van der Waals surface area contributed by atoms with Gasteiger partial charge in [-0.05, 0) is 48.5 Å². The molecule has 1 rings (SSSR count). The lowest BCUT2D eigenvalue weighted by Crippen LogP contribution is -2.45. The molecule has 1 aromatic carbocycles. The zero-order valence-electron chi connectivity index (χ0n) is 19.1. The van der Waals surface area contributed by atoms with Crippen LogP contribution in [0.1, 0.15) is 70.4 Å². The minimum Gasteiger partial charge on any atom is -0.413 e. The summed E-state index contributed by atoms with van der Waals surface area (Å²) in [6.07, 6.45) is 4.06. The normalized spacial score (nSPS) is 14.9. The van der Waals surface area contributed by atoms with Crippen molar-refractivity contribution in [2.24, 2.45) is 0 Å². The Morgan fingerprint density at radius 3 is 2.21 bits per heavy atom. The molecular weight excluding hydrogens is 368 g/mol. The van der Waals surface area contributed by atoms with E-state index in [0.29, 0.717) is 19.3 Å². The maximum Gasteiger partial charge on any atom is 0.192 e. The molecule has 0 bridgehead atoms. The van der Waals surface area contributed by atoms with Crippen molar-refractivity contribution in [3.8, 4) is 0 Å². The van der Waals surface area contributed by atoms with E-state index >= 15 is 0 Å². The fourth-order valence-corrected chi connectivity index (χ4v) is 4.56. The van der Waals surface area contributed by atoms with Gasteiger partial charge in [0.15, 0.2) is 8.32 Å². The van der Waals surface area contributed by atoms with Gasteiger partial charge in [0, 0.05) is 19.6 Å². The number of hydrogen-bond acceptors (Lipinski definition) is 4. The van der Waals surface area contributed by atoms with Crippen LogP contribution in [0.3, 0.4) is 0 Å². The Morgan fingerprint density at radius 2 is 1.71 bits per heavy atom. The lowest BCUT2D eigenvalue weighted by Gasteiger charge is -2.42. The molecule has 0 aromatic heterocycles. The van der Waals surface area contributed by atoms with Crippen LogP contribution in [0.5, 0.6) is 0 Å². The molecule has 0 heterocycles. The van der Waals surface area contributed by atoms with Crippen molar-refractivity contribution < 1.29 is 19.0 Å². The predicted molar refractivity (Wildman–Crippen MR) is 119 cm³/mol. The maximum absolute atomic E-state index is 9.44. The summed E-state index contributed by atoms with van der Waals surface area (Å²) < 4.78 is 17.3. The summed E-state index contributed by atoms with van der Waals surface area (Å²) in [5, 5.41) is 9.62. The molecule has 0 aliphatic heterocycles. The molecule has 0 aliphatic carbocycles. The summed E-state index contributed by atoms with van der Waals surface area (Å²) >= 11 is 0. The lowest BCUT2D eigenvalue weighted by atomic mass is 9.87. The van der Waals surface area contributed by atoms with Crippen molar-refractivity contribution in [3.05, 3.63) is 35.4 Å². The van der Waals surface area contributed by atoms with Crippen molar-refractivity contribution in [1.29, 1.82) is 0 Å². The molecule has 0 fully saturated rings. The molecule has 1 aromatic rings. The van der Waals surface area contributed by atoms with Gasteiger partial charge >= 0.3 is 0 Å². The highest BCUT2D eigenvalue weighted by Crippen LogP contribution is 2.41. The maximum atomic E-state index is 9.44. The van der Waals surface area contributed by atoms with E-state index in [0.717, 1.165) is 31.2 Å². The first-order valence-electron chi connectivity index (χ1n) is 10.6. The van der Waals surface area contributed by atoms with Crippen molar-refractivity contribution in [2.45, 2.75) is 90.1 Å². The number of aliphatic hydroxyl groups excluding tert-OH is 1. The number of benzene rings is 1. The van der Waals surface area contributed by atoms with Crippen LogP contribution in [0.15, 0.2) is 24.3 Å². The van der Waals surface area contributed by atoms with Gasteiger partial charge in [-0.3, -0.25) is 0 Å². The molecular formula is C23H42O4Si. The van der Waals surface area contributed by atoms with Gasteiger partial charge in [0.25, 0.3) is 0 Å². The zero-order chi connectivity index (χ0) is 21.2. The number of rotatable bonds is 13. The minimum absolute atomic E-state index is 0.184. The molecule has 0 spiro atoms. The minimum atomic E-state index is -1.87. The van der Waals surface area contributed by atoms with Crippen molar-refractivity contribution in [3.63, 3.8) is 0 Å². The topological polar surface area (TPSA) is 47.9 Å². The molecule has 0 aliphatic rings. The van der Waals surface area contributed by atoms with E-state index in [-0.39, 0.29) is 17.7 Å². The quantitative estimate of drug-likeness (QED) is 0.252. The van der Waals surface area contributed by atoms with Crippen LogP contribution in [0.4, 0.5) is 0 Å². The molecule has 0 saturated heterocycles. The predicted octanol–water partition coefficient (Wildman–Crippen LogP) is 5.85. The number of methoxy groups -OCH3 is 1. The van der Waals surface area contributed by atoms with Crippen LogP contribution in [0, 0.1) is 0 Å². The first-order valence-corrected chi connectivity index (χ1v) is 13.5. The van der Waals surface area contributed by atoms with Crippen LogP contribution in [0.2, 0.25) is 18.1 Å². The fourth-order valence-electron chi connectivity index (χ4n) is 3.16. The van der Waals surface area contributed by atoms with Crippen LogP contribution in [0.25, 0.3) is 0 Å². The monoisotopic (exact) mass is 410 g/mol. The third-order valence-electron chi connectivity index (χ3n) is 5.83. The molecule has 5 heteroatoms. The second-order valence-electron chi connectivity index (χ2n) is 9.17. The summed E-state index contributed by atoms with van der Waals surface area (Å²) in [4.78, 5) is 0. The van der Waals surface area contributed by atoms with Gasteiger partial charge < -0.3 is 19.0 Å². The third-order valence-corrected chi connectivity index (χ3v) is 10.3. The highest BCUT2D eigenvalue weighted by Gasteiger charge is 2.40. The fraction of sp³-hybridized carbons (Fsp3) is 0.739. The van der Waals surface area contributed by atoms with E-state index in [4.69, 9.17) is 13.9 Å². The Bertz CT molecular complexity index is 537. The molecule has 162 valence electrons.